The van der Waals surface area contributed by atoms with Crippen LogP contribution in [0.1, 0.15) is 5.56 Å². The van der Waals surface area contributed by atoms with Gasteiger partial charge in [-0.05, 0) is 40.8 Å². The van der Waals surface area contributed by atoms with E-state index in [1.807, 2.05) is 28.7 Å². The van der Waals surface area contributed by atoms with Crippen LogP contribution >= 0.6 is 22.6 Å². The lowest BCUT2D eigenvalue weighted by Gasteiger charge is -2.09. The van der Waals surface area contributed by atoms with Gasteiger partial charge in [0.2, 0.25) is 0 Å². The molecule has 0 aliphatic carbocycles. The molecule has 0 aliphatic rings. The summed E-state index contributed by atoms with van der Waals surface area (Å²) in [5.74, 6) is 0. The predicted molar refractivity (Wildman–Crippen MR) is 86.2 cm³/mol. The number of benzene rings is 1. The Morgan fingerprint density at radius 3 is 2.57 bits per heavy atom. The fourth-order valence-electron chi connectivity index (χ4n) is 2.11. The highest BCUT2D eigenvalue weighted by molar-refractivity contribution is 14.1. The molecule has 0 fully saturated rings. The maximum atomic E-state index is 12.8. The molecule has 7 heteroatoms. The second kappa shape index (κ2) is 5.13. The van der Waals surface area contributed by atoms with Gasteiger partial charge in [0, 0.05) is 17.8 Å². The monoisotopic (exact) mass is 409 g/mol. The third kappa shape index (κ3) is 2.20. The lowest BCUT2D eigenvalue weighted by atomic mass is 10.2. The molecule has 0 saturated heterocycles. The summed E-state index contributed by atoms with van der Waals surface area (Å²) in [4.78, 5) is 4.14. The first-order valence-corrected chi connectivity index (χ1v) is 8.43. The summed E-state index contributed by atoms with van der Waals surface area (Å²) in [6, 6.07) is 11.8. The van der Waals surface area contributed by atoms with E-state index in [0.29, 0.717) is 14.6 Å². The van der Waals surface area contributed by atoms with E-state index in [-0.39, 0.29) is 10.5 Å². The molecule has 5 nitrogen and oxygen atoms in total. The molecule has 21 heavy (non-hydrogen) atoms. The average Bonchev–Trinajstić information content (AvgIpc) is 2.84. The molecule has 2 heterocycles. The minimum absolute atomic E-state index is 0.182. The third-order valence-corrected chi connectivity index (χ3v) is 5.87. The minimum atomic E-state index is -3.76. The fraction of sp³-hybridized carbons (Fsp3) is 0. The summed E-state index contributed by atoms with van der Waals surface area (Å²) < 4.78 is 27.4. The molecule has 3 aromatic rings. The quantitative estimate of drug-likeness (QED) is 0.610. The van der Waals surface area contributed by atoms with Crippen molar-refractivity contribution in [2.45, 2.75) is 4.90 Å². The number of pyridine rings is 1. The lowest BCUT2D eigenvalue weighted by Crippen LogP contribution is -2.14. The van der Waals surface area contributed by atoms with Crippen LogP contribution in [0.3, 0.4) is 0 Å². The van der Waals surface area contributed by atoms with Gasteiger partial charge < -0.3 is 0 Å². The van der Waals surface area contributed by atoms with Crippen LogP contribution in [0.15, 0.2) is 53.7 Å². The SMILES string of the molecule is N#Cc1cncc2cc(I)n(S(=O)(=O)c3ccccc3)c12. The van der Waals surface area contributed by atoms with E-state index in [2.05, 4.69) is 4.98 Å². The first-order valence-electron chi connectivity index (χ1n) is 5.91. The zero-order valence-electron chi connectivity index (χ0n) is 10.6. The van der Waals surface area contributed by atoms with Gasteiger partial charge in [0.25, 0.3) is 10.0 Å². The normalized spacial score (nSPS) is 11.4. The van der Waals surface area contributed by atoms with E-state index in [1.165, 1.54) is 22.3 Å². The standard InChI is InChI=1S/C14H8IN3O2S/c15-13-6-10-8-17-9-11(7-16)14(10)18(13)21(19,20)12-4-2-1-3-5-12/h1-6,8-9H. The van der Waals surface area contributed by atoms with Crippen molar-refractivity contribution in [2.24, 2.45) is 0 Å². The van der Waals surface area contributed by atoms with Gasteiger partial charge in [-0.3, -0.25) is 4.98 Å². The Kier molecular flexibility index (Phi) is 3.43. The van der Waals surface area contributed by atoms with Crippen molar-refractivity contribution in [1.82, 2.24) is 8.96 Å². The van der Waals surface area contributed by atoms with Gasteiger partial charge in [-0.2, -0.15) is 5.26 Å². The van der Waals surface area contributed by atoms with Crippen molar-refractivity contribution < 1.29 is 8.42 Å². The summed E-state index contributed by atoms with van der Waals surface area (Å²) in [7, 11) is -3.76. The first kappa shape index (κ1) is 14.0. The molecule has 0 radical (unpaired) electrons. The summed E-state index contributed by atoms with van der Waals surface area (Å²) in [5, 5.41) is 9.83. The number of nitrogens with zero attached hydrogens (tertiary/aromatic N) is 3. The molecule has 0 saturated carbocycles. The number of hydrogen-bond donors (Lipinski definition) is 0. The van der Waals surface area contributed by atoms with Crippen molar-refractivity contribution in [1.29, 1.82) is 5.26 Å². The lowest BCUT2D eigenvalue weighted by molar-refractivity contribution is 0.588. The topological polar surface area (TPSA) is 75.8 Å². The van der Waals surface area contributed by atoms with Gasteiger partial charge in [0.15, 0.2) is 0 Å². The van der Waals surface area contributed by atoms with Gasteiger partial charge in [-0.25, -0.2) is 12.4 Å². The number of hydrogen-bond acceptors (Lipinski definition) is 4. The Bertz CT molecular complexity index is 973. The first-order chi connectivity index (χ1) is 10.1. The van der Waals surface area contributed by atoms with E-state index in [1.54, 1.807) is 30.5 Å². The summed E-state index contributed by atoms with van der Waals surface area (Å²) >= 11 is 1.95. The summed E-state index contributed by atoms with van der Waals surface area (Å²) in [6.07, 6.45) is 2.92. The van der Waals surface area contributed by atoms with E-state index < -0.39 is 10.0 Å². The van der Waals surface area contributed by atoms with E-state index in [4.69, 9.17) is 0 Å². The van der Waals surface area contributed by atoms with Crippen LogP contribution in [0, 0.1) is 15.0 Å². The Morgan fingerprint density at radius 1 is 1.19 bits per heavy atom. The van der Waals surface area contributed by atoms with Crippen LogP contribution < -0.4 is 0 Å². The number of fused-ring (bicyclic) bond motifs is 1. The zero-order chi connectivity index (χ0) is 15.0. The van der Waals surface area contributed by atoms with Gasteiger partial charge >= 0.3 is 0 Å². The van der Waals surface area contributed by atoms with Crippen molar-refractivity contribution in [3.05, 3.63) is 58.1 Å². The van der Waals surface area contributed by atoms with Crippen LogP contribution in [0.25, 0.3) is 10.9 Å². The molecular weight excluding hydrogens is 401 g/mol. The van der Waals surface area contributed by atoms with Gasteiger partial charge in [0.1, 0.15) is 6.07 Å². The smallest absolute Gasteiger partial charge is 0.263 e. The Labute approximate surface area is 135 Å². The summed E-state index contributed by atoms with van der Waals surface area (Å²) in [6.45, 7) is 0. The van der Waals surface area contributed by atoms with Crippen LogP contribution in [-0.2, 0) is 10.0 Å². The van der Waals surface area contributed by atoms with Gasteiger partial charge in [-0.15, -0.1) is 0 Å². The highest BCUT2D eigenvalue weighted by Crippen LogP contribution is 2.28. The minimum Gasteiger partial charge on any atom is -0.263 e. The van der Waals surface area contributed by atoms with Crippen molar-refractivity contribution >= 4 is 43.5 Å². The Balaban J connectivity index is 2.41. The molecule has 0 bridgehead atoms. The number of aromatic nitrogens is 2. The van der Waals surface area contributed by atoms with E-state index >= 15 is 0 Å². The zero-order valence-corrected chi connectivity index (χ0v) is 13.5. The molecule has 0 aliphatic heterocycles. The predicted octanol–water partition coefficient (Wildman–Crippen LogP) is 2.75. The van der Waals surface area contributed by atoms with Crippen LogP contribution in [0.2, 0.25) is 0 Å². The highest BCUT2D eigenvalue weighted by atomic mass is 127. The molecule has 0 spiro atoms. The average molecular weight is 409 g/mol. The molecule has 3 rings (SSSR count). The van der Waals surface area contributed by atoms with Crippen molar-refractivity contribution in [3.63, 3.8) is 0 Å². The molecular formula is C14H8IN3O2S. The number of nitriles is 1. The van der Waals surface area contributed by atoms with Crippen LogP contribution in [-0.4, -0.2) is 17.4 Å². The fourth-order valence-corrected chi connectivity index (χ4v) is 4.90. The van der Waals surface area contributed by atoms with E-state index in [0.717, 1.165) is 0 Å². The van der Waals surface area contributed by atoms with Crippen molar-refractivity contribution in [2.75, 3.05) is 0 Å². The van der Waals surface area contributed by atoms with Crippen LogP contribution in [0.5, 0.6) is 0 Å². The highest BCUT2D eigenvalue weighted by Gasteiger charge is 2.23. The van der Waals surface area contributed by atoms with E-state index in [9.17, 15) is 13.7 Å². The molecule has 0 amide bonds. The maximum absolute atomic E-state index is 12.8. The molecule has 0 unspecified atom stereocenters. The molecule has 0 N–H and O–H groups in total. The number of halogens is 1. The van der Waals surface area contributed by atoms with Gasteiger partial charge in [-0.1, -0.05) is 18.2 Å². The van der Waals surface area contributed by atoms with Gasteiger partial charge in [0.05, 0.1) is 19.7 Å². The third-order valence-electron chi connectivity index (χ3n) is 3.02. The molecule has 2 aromatic heterocycles. The Hall–Kier alpha value is -1.92. The van der Waals surface area contributed by atoms with Crippen LogP contribution in [0.4, 0.5) is 0 Å². The summed E-state index contributed by atoms with van der Waals surface area (Å²) in [5.41, 5.74) is 0.593. The maximum Gasteiger partial charge on any atom is 0.269 e. The Morgan fingerprint density at radius 2 is 1.90 bits per heavy atom. The second-order valence-electron chi connectivity index (χ2n) is 4.29. The van der Waals surface area contributed by atoms with Crippen molar-refractivity contribution in [3.8, 4) is 6.07 Å². The largest absolute Gasteiger partial charge is 0.269 e. The molecule has 0 atom stereocenters. The second-order valence-corrected chi connectivity index (χ2v) is 7.18. The molecule has 104 valence electrons. The number of rotatable bonds is 2. The molecule has 1 aromatic carbocycles.